The quantitative estimate of drug-likeness (QED) is 0.918. The minimum absolute atomic E-state index is 0.320. The van der Waals surface area contributed by atoms with Gasteiger partial charge >= 0.3 is 0 Å². The van der Waals surface area contributed by atoms with Crippen LogP contribution in [0, 0.1) is 0 Å². The van der Waals surface area contributed by atoms with Crippen molar-refractivity contribution in [1.29, 1.82) is 0 Å². The predicted molar refractivity (Wildman–Crippen MR) is 90.1 cm³/mol. The Kier molecular flexibility index (Phi) is 4.80. The first-order chi connectivity index (χ1) is 11.1. The molecule has 0 aliphatic carbocycles. The van der Waals surface area contributed by atoms with Crippen molar-refractivity contribution in [3.63, 3.8) is 0 Å². The fourth-order valence-electron chi connectivity index (χ4n) is 3.30. The fraction of sp³-hybridized carbons (Fsp3) is 0.706. The number of likely N-dealkylation sites (tertiary alicyclic amines) is 1. The lowest BCUT2D eigenvalue weighted by molar-refractivity contribution is 0.128. The Morgan fingerprint density at radius 1 is 1.26 bits per heavy atom. The van der Waals surface area contributed by atoms with Crippen LogP contribution in [0.1, 0.15) is 82.4 Å². The van der Waals surface area contributed by atoms with Crippen LogP contribution in [0.15, 0.2) is 12.4 Å². The molecule has 1 unspecified atom stereocenters. The normalized spacial score (nSPS) is 19.8. The highest BCUT2D eigenvalue weighted by Gasteiger charge is 2.28. The Morgan fingerprint density at radius 3 is 2.78 bits per heavy atom. The fourth-order valence-corrected chi connectivity index (χ4v) is 3.30. The lowest BCUT2D eigenvalue weighted by atomic mass is 10.0. The van der Waals surface area contributed by atoms with E-state index in [0.29, 0.717) is 18.0 Å². The van der Waals surface area contributed by atoms with Crippen molar-refractivity contribution in [2.24, 2.45) is 0 Å². The summed E-state index contributed by atoms with van der Waals surface area (Å²) in [6.07, 6.45) is 7.60. The van der Waals surface area contributed by atoms with Gasteiger partial charge in [0.2, 0.25) is 0 Å². The number of hydrogen-bond acceptors (Lipinski definition) is 4. The molecular formula is C17H28N6. The summed E-state index contributed by atoms with van der Waals surface area (Å²) >= 11 is 0. The molecule has 23 heavy (non-hydrogen) atoms. The van der Waals surface area contributed by atoms with Crippen LogP contribution in [0.3, 0.4) is 0 Å². The number of nitrogens with zero attached hydrogens (tertiary/aromatic N) is 5. The van der Waals surface area contributed by atoms with Gasteiger partial charge < -0.3 is 4.57 Å². The largest absolute Gasteiger partial charge is 0.331 e. The van der Waals surface area contributed by atoms with Crippen LogP contribution in [0.4, 0.5) is 0 Å². The first kappa shape index (κ1) is 16.2. The number of nitrogens with one attached hydrogen (secondary N) is 1. The number of aromatic nitrogens is 5. The van der Waals surface area contributed by atoms with Crippen LogP contribution in [-0.4, -0.2) is 36.2 Å². The van der Waals surface area contributed by atoms with Crippen LogP contribution in [0.2, 0.25) is 0 Å². The average Bonchev–Trinajstić information content (AvgIpc) is 3.16. The maximum absolute atomic E-state index is 4.73. The number of rotatable bonds is 5. The first-order valence-corrected chi connectivity index (χ1v) is 8.74. The van der Waals surface area contributed by atoms with Crippen molar-refractivity contribution < 1.29 is 0 Å². The van der Waals surface area contributed by atoms with E-state index in [0.717, 1.165) is 37.0 Å². The van der Waals surface area contributed by atoms with E-state index in [4.69, 9.17) is 4.98 Å². The third-order valence-corrected chi connectivity index (χ3v) is 4.62. The molecule has 6 nitrogen and oxygen atoms in total. The molecule has 3 heterocycles. The second kappa shape index (κ2) is 6.83. The first-order valence-electron chi connectivity index (χ1n) is 8.74. The van der Waals surface area contributed by atoms with Crippen molar-refractivity contribution >= 4 is 0 Å². The smallest absolute Gasteiger partial charge is 0.153 e. The second-order valence-corrected chi connectivity index (χ2v) is 7.06. The number of piperidine rings is 1. The lowest BCUT2D eigenvalue weighted by Gasteiger charge is -2.34. The van der Waals surface area contributed by atoms with Crippen LogP contribution in [0.5, 0.6) is 0 Å². The van der Waals surface area contributed by atoms with Gasteiger partial charge in [0.1, 0.15) is 11.6 Å². The number of hydrogen-bond donors (Lipinski definition) is 1. The Bertz CT molecular complexity index is 627. The molecule has 3 rings (SSSR count). The summed E-state index contributed by atoms with van der Waals surface area (Å²) in [6.45, 7) is 10.6. The molecule has 126 valence electrons. The summed E-state index contributed by atoms with van der Waals surface area (Å²) in [7, 11) is 0. The number of imidazole rings is 1. The Morgan fingerprint density at radius 2 is 2.09 bits per heavy atom. The Balaban J connectivity index is 1.79. The molecule has 1 aliphatic heterocycles. The summed E-state index contributed by atoms with van der Waals surface area (Å²) in [4.78, 5) is 11.8. The second-order valence-electron chi connectivity index (χ2n) is 7.06. The van der Waals surface area contributed by atoms with Crippen LogP contribution >= 0.6 is 0 Å². The van der Waals surface area contributed by atoms with E-state index in [1.807, 2.05) is 6.20 Å². The van der Waals surface area contributed by atoms with Gasteiger partial charge in [0.05, 0.1) is 12.6 Å². The third-order valence-electron chi connectivity index (χ3n) is 4.62. The van der Waals surface area contributed by atoms with E-state index in [2.05, 4.69) is 58.5 Å². The summed E-state index contributed by atoms with van der Waals surface area (Å²) in [5.74, 6) is 3.41. The van der Waals surface area contributed by atoms with Gasteiger partial charge in [0.25, 0.3) is 0 Å². The van der Waals surface area contributed by atoms with Gasteiger partial charge in [-0.2, -0.15) is 5.10 Å². The Hall–Kier alpha value is -1.69. The van der Waals surface area contributed by atoms with Gasteiger partial charge in [0, 0.05) is 24.4 Å². The molecule has 2 aromatic heterocycles. The van der Waals surface area contributed by atoms with Crippen molar-refractivity contribution in [3.05, 3.63) is 29.9 Å². The van der Waals surface area contributed by atoms with E-state index in [1.54, 1.807) is 0 Å². The summed E-state index contributed by atoms with van der Waals surface area (Å²) < 4.78 is 2.26. The molecule has 1 saturated heterocycles. The zero-order valence-electron chi connectivity index (χ0n) is 14.7. The van der Waals surface area contributed by atoms with Gasteiger partial charge in [-0.1, -0.05) is 20.3 Å². The third kappa shape index (κ3) is 3.47. The SMILES string of the molecule is CC(C)c1n[nH]c(C2CCCCN2Cc2nccn2C(C)C)n1. The van der Waals surface area contributed by atoms with Gasteiger partial charge in [0.15, 0.2) is 5.82 Å². The maximum atomic E-state index is 4.73. The predicted octanol–water partition coefficient (Wildman–Crippen LogP) is 3.43. The van der Waals surface area contributed by atoms with Crippen molar-refractivity contribution in [3.8, 4) is 0 Å². The molecule has 1 N–H and O–H groups in total. The molecule has 0 aromatic carbocycles. The molecule has 0 amide bonds. The van der Waals surface area contributed by atoms with E-state index in [1.165, 1.54) is 12.8 Å². The minimum atomic E-state index is 0.320. The van der Waals surface area contributed by atoms with Crippen LogP contribution in [0.25, 0.3) is 0 Å². The Labute approximate surface area is 138 Å². The summed E-state index contributed by atoms with van der Waals surface area (Å²) in [5, 5.41) is 7.56. The highest BCUT2D eigenvalue weighted by atomic mass is 15.3. The molecule has 1 atom stereocenters. The molecule has 1 fully saturated rings. The standard InChI is InChI=1S/C17H28N6/c1-12(2)16-19-17(21-20-16)14-7-5-6-9-22(14)11-15-18-8-10-23(15)13(3)4/h8,10,12-14H,5-7,9,11H2,1-4H3,(H,19,20,21). The van der Waals surface area contributed by atoms with Gasteiger partial charge in [-0.15, -0.1) is 0 Å². The van der Waals surface area contributed by atoms with Gasteiger partial charge in [-0.05, 0) is 33.2 Å². The van der Waals surface area contributed by atoms with Gasteiger partial charge in [-0.3, -0.25) is 10.00 Å². The molecular weight excluding hydrogens is 288 g/mol. The zero-order chi connectivity index (χ0) is 16.4. The molecule has 0 spiro atoms. The molecule has 0 radical (unpaired) electrons. The topological polar surface area (TPSA) is 62.6 Å². The van der Waals surface area contributed by atoms with Crippen LogP contribution < -0.4 is 0 Å². The summed E-state index contributed by atoms with van der Waals surface area (Å²) in [5.41, 5.74) is 0. The highest BCUT2D eigenvalue weighted by molar-refractivity contribution is 5.03. The molecule has 1 aliphatic rings. The monoisotopic (exact) mass is 316 g/mol. The number of H-pyrrole nitrogens is 1. The number of aromatic amines is 1. The van der Waals surface area contributed by atoms with Gasteiger partial charge in [-0.25, -0.2) is 9.97 Å². The average molecular weight is 316 g/mol. The minimum Gasteiger partial charge on any atom is -0.331 e. The van der Waals surface area contributed by atoms with E-state index in [-0.39, 0.29) is 0 Å². The zero-order valence-corrected chi connectivity index (χ0v) is 14.7. The van der Waals surface area contributed by atoms with Crippen molar-refractivity contribution in [2.45, 2.75) is 71.5 Å². The summed E-state index contributed by atoms with van der Waals surface area (Å²) in [6, 6.07) is 0.759. The van der Waals surface area contributed by atoms with E-state index >= 15 is 0 Å². The maximum Gasteiger partial charge on any atom is 0.153 e. The van der Waals surface area contributed by atoms with Crippen molar-refractivity contribution in [1.82, 2.24) is 29.6 Å². The molecule has 2 aromatic rings. The van der Waals surface area contributed by atoms with E-state index in [9.17, 15) is 0 Å². The van der Waals surface area contributed by atoms with Crippen LogP contribution in [-0.2, 0) is 6.54 Å². The molecule has 0 saturated carbocycles. The lowest BCUT2D eigenvalue weighted by Crippen LogP contribution is -2.34. The molecule has 0 bridgehead atoms. The highest BCUT2D eigenvalue weighted by Crippen LogP contribution is 2.30. The van der Waals surface area contributed by atoms with E-state index < -0.39 is 0 Å². The molecule has 6 heteroatoms. The van der Waals surface area contributed by atoms with Crippen molar-refractivity contribution in [2.75, 3.05) is 6.54 Å².